The van der Waals surface area contributed by atoms with Crippen molar-refractivity contribution in [3.8, 4) is 11.5 Å². The molecule has 0 unspecified atom stereocenters. The van der Waals surface area contributed by atoms with Crippen LogP contribution in [-0.2, 0) is 5.60 Å². The van der Waals surface area contributed by atoms with Crippen molar-refractivity contribution >= 4 is 11.6 Å². The second kappa shape index (κ2) is 4.63. The van der Waals surface area contributed by atoms with Crippen molar-refractivity contribution < 1.29 is 14.6 Å². The van der Waals surface area contributed by atoms with Gasteiger partial charge >= 0.3 is 0 Å². The maximum atomic E-state index is 10.3. The summed E-state index contributed by atoms with van der Waals surface area (Å²) in [6.07, 6.45) is 0. The predicted molar refractivity (Wildman–Crippen MR) is 71.8 cm³/mol. The molecular formula is C14H19ClO3. The zero-order chi connectivity index (χ0) is 13.5. The minimum atomic E-state index is -1.01. The summed E-state index contributed by atoms with van der Waals surface area (Å²) in [4.78, 5) is 0. The first-order valence-corrected chi connectivity index (χ1v) is 6.55. The van der Waals surface area contributed by atoms with Gasteiger partial charge in [0, 0.05) is 17.2 Å². The number of rotatable bonds is 2. The molecule has 0 radical (unpaired) electrons. The lowest BCUT2D eigenvalue weighted by Gasteiger charge is -2.30. The molecule has 1 N–H and O–H groups in total. The molecule has 0 saturated carbocycles. The van der Waals surface area contributed by atoms with Crippen LogP contribution < -0.4 is 9.47 Å². The normalized spacial score (nSPS) is 15.1. The Morgan fingerprint density at radius 2 is 1.89 bits per heavy atom. The van der Waals surface area contributed by atoms with Crippen LogP contribution in [0.25, 0.3) is 0 Å². The Hall–Kier alpha value is -0.930. The fourth-order valence-corrected chi connectivity index (χ4v) is 2.78. The summed E-state index contributed by atoms with van der Waals surface area (Å²) in [5, 5.41) is 10.8. The second-order valence-corrected chi connectivity index (χ2v) is 5.79. The van der Waals surface area contributed by atoms with Gasteiger partial charge in [-0.05, 0) is 19.8 Å². The van der Waals surface area contributed by atoms with Gasteiger partial charge in [0.2, 0.25) is 0 Å². The van der Waals surface area contributed by atoms with Crippen LogP contribution in [0.3, 0.4) is 0 Å². The molecule has 18 heavy (non-hydrogen) atoms. The van der Waals surface area contributed by atoms with E-state index in [0.29, 0.717) is 24.0 Å². The second-order valence-electron chi connectivity index (χ2n) is 5.38. The van der Waals surface area contributed by atoms with Crippen molar-refractivity contribution in [2.45, 2.75) is 39.2 Å². The molecule has 0 bridgehead atoms. The van der Waals surface area contributed by atoms with Crippen LogP contribution in [0.1, 0.15) is 44.7 Å². The monoisotopic (exact) mass is 270 g/mol. The van der Waals surface area contributed by atoms with Crippen LogP contribution in [0, 0.1) is 0 Å². The topological polar surface area (TPSA) is 38.7 Å². The smallest absolute Gasteiger partial charge is 0.165 e. The highest BCUT2D eigenvalue weighted by molar-refractivity contribution is 6.31. The van der Waals surface area contributed by atoms with Gasteiger partial charge in [0.1, 0.15) is 13.2 Å². The summed E-state index contributed by atoms with van der Waals surface area (Å²) in [5.74, 6) is 1.58. The van der Waals surface area contributed by atoms with Crippen molar-refractivity contribution in [2.24, 2.45) is 0 Å². The van der Waals surface area contributed by atoms with Gasteiger partial charge in [0.25, 0.3) is 0 Å². The third-order valence-electron chi connectivity index (χ3n) is 3.01. The van der Waals surface area contributed by atoms with Crippen LogP contribution in [0.2, 0.25) is 5.02 Å². The van der Waals surface area contributed by atoms with E-state index < -0.39 is 5.60 Å². The van der Waals surface area contributed by atoms with Gasteiger partial charge in [-0.25, -0.2) is 0 Å². The molecule has 2 rings (SSSR count). The molecule has 1 aliphatic rings. The van der Waals surface area contributed by atoms with Gasteiger partial charge in [-0.15, -0.1) is 0 Å². The molecule has 0 amide bonds. The van der Waals surface area contributed by atoms with Crippen molar-refractivity contribution in [3.63, 3.8) is 0 Å². The number of hydrogen-bond donors (Lipinski definition) is 1. The predicted octanol–water partition coefficient (Wildman–Crippen LogP) is 3.46. The largest absolute Gasteiger partial charge is 0.486 e. The number of halogens is 1. The summed E-state index contributed by atoms with van der Waals surface area (Å²) < 4.78 is 11.3. The zero-order valence-electron chi connectivity index (χ0n) is 11.2. The molecule has 1 aromatic carbocycles. The Balaban J connectivity index is 2.73. The zero-order valence-corrected chi connectivity index (χ0v) is 12.0. The maximum Gasteiger partial charge on any atom is 0.165 e. The van der Waals surface area contributed by atoms with E-state index in [1.807, 2.05) is 0 Å². The lowest BCUT2D eigenvalue weighted by molar-refractivity contribution is 0.0762. The fraction of sp³-hybridized carbons (Fsp3) is 0.571. The average Bonchev–Trinajstić information content (AvgIpc) is 2.25. The summed E-state index contributed by atoms with van der Waals surface area (Å²) in [6.45, 7) is 8.63. The molecular weight excluding hydrogens is 252 g/mol. The molecule has 1 heterocycles. The lowest BCUT2D eigenvalue weighted by Crippen LogP contribution is -2.23. The standard InChI is InChI=1S/C14H19ClO3/c1-8(2)11-12(14(3,4)16)9(15)7-10-13(11)18-6-5-17-10/h7-8,16H,5-6H2,1-4H3. The van der Waals surface area contributed by atoms with E-state index in [1.54, 1.807) is 19.9 Å². The number of aliphatic hydroxyl groups is 1. The third kappa shape index (κ3) is 2.29. The lowest BCUT2D eigenvalue weighted by atomic mass is 9.86. The van der Waals surface area contributed by atoms with E-state index in [-0.39, 0.29) is 5.92 Å². The highest BCUT2D eigenvalue weighted by atomic mass is 35.5. The summed E-state index contributed by atoms with van der Waals surface area (Å²) in [5.41, 5.74) is 0.653. The van der Waals surface area contributed by atoms with Crippen LogP contribution in [0.4, 0.5) is 0 Å². The number of fused-ring (bicyclic) bond motifs is 1. The molecule has 100 valence electrons. The van der Waals surface area contributed by atoms with Crippen molar-refractivity contribution in [1.82, 2.24) is 0 Å². The summed E-state index contributed by atoms with van der Waals surface area (Å²) in [6, 6.07) is 1.73. The van der Waals surface area contributed by atoms with Gasteiger partial charge in [0.05, 0.1) is 10.6 Å². The van der Waals surface area contributed by atoms with Crippen molar-refractivity contribution in [3.05, 3.63) is 22.2 Å². The fourth-order valence-electron chi connectivity index (χ4n) is 2.35. The van der Waals surface area contributed by atoms with Gasteiger partial charge in [-0.3, -0.25) is 0 Å². The molecule has 0 fully saturated rings. The number of hydrogen-bond acceptors (Lipinski definition) is 3. The first kappa shape index (κ1) is 13.5. The van der Waals surface area contributed by atoms with E-state index in [1.165, 1.54) is 0 Å². The van der Waals surface area contributed by atoms with Gasteiger partial charge in [-0.1, -0.05) is 25.4 Å². The molecule has 0 spiro atoms. The first-order valence-electron chi connectivity index (χ1n) is 6.17. The quantitative estimate of drug-likeness (QED) is 0.894. The van der Waals surface area contributed by atoms with E-state index in [9.17, 15) is 5.11 Å². The van der Waals surface area contributed by atoms with Crippen LogP contribution in [0.5, 0.6) is 11.5 Å². The van der Waals surface area contributed by atoms with Crippen molar-refractivity contribution in [1.29, 1.82) is 0 Å². The molecule has 1 aromatic rings. The molecule has 0 aromatic heterocycles. The van der Waals surface area contributed by atoms with E-state index >= 15 is 0 Å². The summed E-state index contributed by atoms with van der Waals surface area (Å²) >= 11 is 6.30. The Morgan fingerprint density at radius 1 is 1.28 bits per heavy atom. The molecule has 0 atom stereocenters. The average molecular weight is 271 g/mol. The van der Waals surface area contributed by atoms with Gasteiger partial charge in [0.15, 0.2) is 11.5 Å². The van der Waals surface area contributed by atoms with E-state index in [4.69, 9.17) is 21.1 Å². The summed E-state index contributed by atoms with van der Waals surface area (Å²) in [7, 11) is 0. The van der Waals surface area contributed by atoms with Gasteiger partial charge in [-0.2, -0.15) is 0 Å². The number of ether oxygens (including phenoxy) is 2. The molecule has 4 heteroatoms. The number of benzene rings is 1. The van der Waals surface area contributed by atoms with E-state index in [0.717, 1.165) is 16.9 Å². The maximum absolute atomic E-state index is 10.3. The Labute approximate surface area is 113 Å². The highest BCUT2D eigenvalue weighted by Crippen LogP contribution is 2.46. The molecule has 0 aliphatic carbocycles. The van der Waals surface area contributed by atoms with E-state index in [2.05, 4.69) is 13.8 Å². The van der Waals surface area contributed by atoms with Crippen LogP contribution in [0.15, 0.2) is 6.07 Å². The van der Waals surface area contributed by atoms with Gasteiger partial charge < -0.3 is 14.6 Å². The first-order chi connectivity index (χ1) is 8.32. The minimum absolute atomic E-state index is 0.195. The molecule has 3 nitrogen and oxygen atoms in total. The minimum Gasteiger partial charge on any atom is -0.486 e. The Morgan fingerprint density at radius 3 is 2.44 bits per heavy atom. The SMILES string of the molecule is CC(C)c1c2c(cc(Cl)c1C(C)(C)O)OCCO2. The Kier molecular flexibility index (Phi) is 3.47. The van der Waals surface area contributed by atoms with Crippen molar-refractivity contribution in [2.75, 3.05) is 13.2 Å². The molecule has 0 saturated heterocycles. The van der Waals surface area contributed by atoms with Crippen LogP contribution >= 0.6 is 11.6 Å². The highest BCUT2D eigenvalue weighted by Gasteiger charge is 2.31. The molecule has 1 aliphatic heterocycles. The van der Waals surface area contributed by atoms with Crippen LogP contribution in [-0.4, -0.2) is 18.3 Å². The Bertz CT molecular complexity index is 461. The third-order valence-corrected chi connectivity index (χ3v) is 3.31.